The molecule has 0 radical (unpaired) electrons. The quantitative estimate of drug-likeness (QED) is 0.595. The lowest BCUT2D eigenvalue weighted by Gasteiger charge is -1.65. The fraction of sp³-hybridized carbons (Fsp3) is 0. The van der Waals surface area contributed by atoms with E-state index in [4.69, 9.17) is 8.42 Å². The van der Waals surface area contributed by atoms with Crippen molar-refractivity contribution in [3.63, 3.8) is 0 Å². The third-order valence-corrected chi connectivity index (χ3v) is 0.577. The minimum Gasteiger partial charge on any atom is -0.168 e. The van der Waals surface area contributed by atoms with Crippen molar-refractivity contribution in [2.24, 2.45) is 0 Å². The molecule has 0 saturated heterocycles. The SMILES string of the molecule is C=CSC=C.O=S=O. The molecule has 0 aromatic heterocycles. The van der Waals surface area contributed by atoms with Gasteiger partial charge in [0.1, 0.15) is 0 Å². The van der Waals surface area contributed by atoms with Crippen LogP contribution < -0.4 is 0 Å². The van der Waals surface area contributed by atoms with Crippen molar-refractivity contribution in [2.75, 3.05) is 0 Å². The molecule has 0 saturated carbocycles. The summed E-state index contributed by atoms with van der Waals surface area (Å²) in [4.78, 5) is 0. The van der Waals surface area contributed by atoms with Crippen molar-refractivity contribution in [1.82, 2.24) is 0 Å². The molecule has 0 spiro atoms. The Balaban J connectivity index is 0. The Morgan fingerprint density at radius 2 is 1.38 bits per heavy atom. The second-order valence-corrected chi connectivity index (χ2v) is 1.61. The zero-order chi connectivity index (χ0) is 6.83. The molecule has 0 aromatic carbocycles. The zero-order valence-electron chi connectivity index (χ0n) is 4.20. The van der Waals surface area contributed by atoms with Crippen LogP contribution in [0.4, 0.5) is 0 Å². The highest BCUT2D eigenvalue weighted by Crippen LogP contribution is 1.96. The molecule has 0 atom stereocenters. The van der Waals surface area contributed by atoms with Crippen LogP contribution >= 0.6 is 11.8 Å². The smallest absolute Gasteiger partial charge is 0.168 e. The van der Waals surface area contributed by atoms with E-state index in [9.17, 15) is 0 Å². The highest BCUT2D eigenvalue weighted by Gasteiger charge is 1.52. The Bertz CT molecular complexity index is 88.2. The van der Waals surface area contributed by atoms with E-state index in [1.807, 2.05) is 0 Å². The van der Waals surface area contributed by atoms with E-state index >= 15 is 0 Å². The van der Waals surface area contributed by atoms with Crippen LogP contribution in [0, 0.1) is 0 Å². The van der Waals surface area contributed by atoms with Gasteiger partial charge in [-0.05, 0) is 10.8 Å². The molecule has 0 N–H and O–H groups in total. The summed E-state index contributed by atoms with van der Waals surface area (Å²) >= 11 is 0.741. The first kappa shape index (κ1) is 10.6. The molecule has 0 fully saturated rings. The predicted molar refractivity (Wildman–Crippen MR) is 36.9 cm³/mol. The minimum absolute atomic E-state index is 0.750. The number of thioether (sulfide) groups is 1. The van der Waals surface area contributed by atoms with Crippen LogP contribution in [0.25, 0.3) is 0 Å². The van der Waals surface area contributed by atoms with Crippen LogP contribution in [0.1, 0.15) is 0 Å². The normalized spacial score (nSPS) is 5.50. The van der Waals surface area contributed by atoms with Gasteiger partial charge in [0.25, 0.3) is 0 Å². The second kappa shape index (κ2) is 15.9. The van der Waals surface area contributed by atoms with Gasteiger partial charge in [-0.1, -0.05) is 13.2 Å². The molecule has 2 nitrogen and oxygen atoms in total. The summed E-state index contributed by atoms with van der Waals surface area (Å²) in [5.74, 6) is 0. The fourth-order valence-corrected chi connectivity index (χ4v) is 0.204. The molecule has 0 aliphatic heterocycles. The van der Waals surface area contributed by atoms with E-state index in [2.05, 4.69) is 13.2 Å². The third-order valence-electron chi connectivity index (χ3n) is 0.192. The summed E-state index contributed by atoms with van der Waals surface area (Å²) in [6, 6.07) is 0. The summed E-state index contributed by atoms with van der Waals surface area (Å²) in [6.45, 7) is 6.88. The Kier molecular flexibility index (Phi) is 21.1. The first-order chi connectivity index (χ1) is 3.83. The molecule has 0 aromatic rings. The van der Waals surface area contributed by atoms with Gasteiger partial charge in [-0.15, -0.1) is 11.8 Å². The highest BCUT2D eigenvalue weighted by atomic mass is 32.2. The first-order valence-corrected chi connectivity index (χ1v) is 3.23. The van der Waals surface area contributed by atoms with Gasteiger partial charge in [-0.25, -0.2) is 0 Å². The summed E-state index contributed by atoms with van der Waals surface area (Å²) in [5, 5.41) is 3.46. The maximum Gasteiger partial charge on any atom is 0.335 e. The van der Waals surface area contributed by atoms with Crippen molar-refractivity contribution in [1.29, 1.82) is 0 Å². The van der Waals surface area contributed by atoms with Crippen molar-refractivity contribution in [2.45, 2.75) is 0 Å². The monoisotopic (exact) mass is 150 g/mol. The van der Waals surface area contributed by atoms with E-state index in [1.165, 1.54) is 11.8 Å². The Labute approximate surface area is 56.3 Å². The maximum atomic E-state index is 8.29. The molecular formula is C4H6O2S2. The van der Waals surface area contributed by atoms with E-state index in [0.29, 0.717) is 0 Å². The predicted octanol–water partition coefficient (Wildman–Crippen LogP) is 1.34. The number of hydrogen-bond acceptors (Lipinski definition) is 3. The van der Waals surface area contributed by atoms with Gasteiger partial charge in [0, 0.05) is 0 Å². The molecule has 0 unspecified atom stereocenters. The van der Waals surface area contributed by atoms with Gasteiger partial charge in [0.05, 0.1) is 0 Å². The lowest BCUT2D eigenvalue weighted by Crippen LogP contribution is -1.25. The van der Waals surface area contributed by atoms with Crippen molar-refractivity contribution in [3.8, 4) is 0 Å². The first-order valence-electron chi connectivity index (χ1n) is 1.62. The van der Waals surface area contributed by atoms with Gasteiger partial charge in [0.2, 0.25) is 0 Å². The number of rotatable bonds is 2. The van der Waals surface area contributed by atoms with Crippen LogP contribution in [0.5, 0.6) is 0 Å². The van der Waals surface area contributed by atoms with Crippen molar-refractivity contribution in [3.05, 3.63) is 24.0 Å². The lowest BCUT2D eigenvalue weighted by molar-refractivity contribution is 0.630. The van der Waals surface area contributed by atoms with Crippen LogP contribution in [-0.4, -0.2) is 8.42 Å². The average molecular weight is 150 g/mol. The summed E-state index contributed by atoms with van der Waals surface area (Å²) in [7, 11) is 0. The largest absolute Gasteiger partial charge is 0.335 e. The molecule has 0 aliphatic rings. The maximum absolute atomic E-state index is 8.29. The third kappa shape index (κ3) is 44.9. The standard InChI is InChI=1S/C4H6S.O2S/c1-3-5-4-2;1-3-2/h3-4H,1-2H2;. The van der Waals surface area contributed by atoms with E-state index < -0.39 is 11.6 Å². The lowest BCUT2D eigenvalue weighted by atomic mass is 11.3. The van der Waals surface area contributed by atoms with E-state index in [0.717, 1.165) is 0 Å². The van der Waals surface area contributed by atoms with E-state index in [-0.39, 0.29) is 0 Å². The second-order valence-electron chi connectivity index (χ2n) is 0.537. The van der Waals surface area contributed by atoms with Crippen LogP contribution in [0.15, 0.2) is 24.0 Å². The summed E-state index contributed by atoms with van der Waals surface area (Å²) < 4.78 is 16.6. The Morgan fingerprint density at radius 3 is 1.38 bits per heavy atom. The molecule has 4 heteroatoms. The molecular weight excluding hydrogens is 144 g/mol. The Hall–Kier alpha value is -0.350. The zero-order valence-corrected chi connectivity index (χ0v) is 5.83. The van der Waals surface area contributed by atoms with Gasteiger partial charge >= 0.3 is 11.6 Å². The van der Waals surface area contributed by atoms with Gasteiger partial charge in [-0.3, -0.25) is 0 Å². The van der Waals surface area contributed by atoms with Crippen molar-refractivity contribution >= 4 is 23.3 Å². The van der Waals surface area contributed by atoms with Crippen LogP contribution in [0.2, 0.25) is 0 Å². The Morgan fingerprint density at radius 1 is 1.12 bits per heavy atom. The van der Waals surface area contributed by atoms with Gasteiger partial charge in [0.15, 0.2) is 0 Å². The molecule has 0 rings (SSSR count). The molecule has 0 heterocycles. The van der Waals surface area contributed by atoms with Gasteiger partial charge < -0.3 is 0 Å². The fourth-order valence-electron chi connectivity index (χ4n) is 0.0680. The minimum atomic E-state index is -0.750. The summed E-state index contributed by atoms with van der Waals surface area (Å²) in [6.07, 6.45) is 0. The molecule has 8 heavy (non-hydrogen) atoms. The molecule has 0 bridgehead atoms. The number of hydrogen-bond donors (Lipinski definition) is 0. The topological polar surface area (TPSA) is 34.1 Å². The molecule has 0 aliphatic carbocycles. The van der Waals surface area contributed by atoms with Crippen LogP contribution in [-0.2, 0) is 11.6 Å². The summed E-state index contributed by atoms with van der Waals surface area (Å²) in [5.41, 5.74) is 0. The van der Waals surface area contributed by atoms with Crippen molar-refractivity contribution < 1.29 is 8.42 Å². The van der Waals surface area contributed by atoms with E-state index in [1.54, 1.807) is 10.8 Å². The van der Waals surface area contributed by atoms with Gasteiger partial charge in [-0.2, -0.15) is 8.42 Å². The highest BCUT2D eigenvalue weighted by molar-refractivity contribution is 8.04. The molecule has 0 amide bonds. The van der Waals surface area contributed by atoms with Crippen LogP contribution in [0.3, 0.4) is 0 Å². The average Bonchev–Trinajstić information content (AvgIpc) is 1.71. The molecule has 46 valence electrons.